The molecule has 30 heavy (non-hydrogen) atoms. The van der Waals surface area contributed by atoms with Gasteiger partial charge in [0.15, 0.2) is 11.5 Å². The Morgan fingerprint density at radius 1 is 1.07 bits per heavy atom. The molecule has 0 bridgehead atoms. The summed E-state index contributed by atoms with van der Waals surface area (Å²) in [6.07, 6.45) is 1.67. The van der Waals surface area contributed by atoms with Gasteiger partial charge in [-0.05, 0) is 83.0 Å². The number of benzene rings is 2. The van der Waals surface area contributed by atoms with Crippen LogP contribution >= 0.6 is 50.9 Å². The zero-order valence-corrected chi connectivity index (χ0v) is 20.1. The number of nitrogens with zero attached hydrogens (tertiary/aromatic N) is 1. The van der Waals surface area contributed by atoms with Crippen molar-refractivity contribution in [2.45, 2.75) is 20.4 Å². The number of halogens is 3. The fraction of sp³-hybridized carbons (Fsp3) is 0.238. The van der Waals surface area contributed by atoms with Crippen LogP contribution in [0.1, 0.15) is 25.0 Å². The fourth-order valence-electron chi connectivity index (χ4n) is 2.83. The molecular formula is C21H18BrCl2NO4S. The number of carbonyl (C=O) groups excluding carboxylic acids is 2. The van der Waals surface area contributed by atoms with Gasteiger partial charge in [0.1, 0.15) is 0 Å². The number of thioether (sulfide) groups is 1. The van der Waals surface area contributed by atoms with Crippen LogP contribution in [0.15, 0.2) is 39.7 Å². The molecule has 1 aliphatic heterocycles. The molecule has 1 aliphatic rings. The molecule has 2 aromatic rings. The van der Waals surface area contributed by atoms with Gasteiger partial charge >= 0.3 is 0 Å². The molecule has 1 saturated heterocycles. The zero-order valence-electron chi connectivity index (χ0n) is 16.2. The predicted molar refractivity (Wildman–Crippen MR) is 124 cm³/mol. The first-order valence-corrected chi connectivity index (χ1v) is 11.5. The molecule has 3 rings (SSSR count). The van der Waals surface area contributed by atoms with E-state index in [0.717, 1.165) is 17.3 Å². The van der Waals surface area contributed by atoms with Crippen LogP contribution in [-0.2, 0) is 11.3 Å². The van der Waals surface area contributed by atoms with E-state index in [2.05, 4.69) is 15.9 Å². The molecule has 0 saturated carbocycles. The molecule has 5 nitrogen and oxygen atoms in total. The summed E-state index contributed by atoms with van der Waals surface area (Å²) in [7, 11) is 0. The standard InChI is InChI=1S/C21H18BrCl2NO4S/c1-3-28-17-9-13(7-14(22)19(17)29-4-2)10-18-20(26)25(21(27)30-18)11-12-5-6-15(23)16(24)8-12/h5-10H,3-4,11H2,1-2H3/b18-10-. The number of imide groups is 1. The highest BCUT2D eigenvalue weighted by Crippen LogP contribution is 2.39. The van der Waals surface area contributed by atoms with Gasteiger partial charge in [0.2, 0.25) is 0 Å². The maximum Gasteiger partial charge on any atom is 0.293 e. The van der Waals surface area contributed by atoms with Crippen molar-refractivity contribution in [1.29, 1.82) is 0 Å². The van der Waals surface area contributed by atoms with Crippen LogP contribution < -0.4 is 9.47 Å². The van der Waals surface area contributed by atoms with Gasteiger partial charge in [-0.1, -0.05) is 29.3 Å². The number of ether oxygens (including phenoxy) is 2. The minimum absolute atomic E-state index is 0.121. The van der Waals surface area contributed by atoms with Crippen molar-refractivity contribution in [3.05, 3.63) is 60.9 Å². The summed E-state index contributed by atoms with van der Waals surface area (Å²) in [6.45, 7) is 4.85. The third-order valence-electron chi connectivity index (χ3n) is 4.12. The summed E-state index contributed by atoms with van der Waals surface area (Å²) in [5, 5.41) is 0.451. The number of carbonyl (C=O) groups is 2. The lowest BCUT2D eigenvalue weighted by molar-refractivity contribution is -0.123. The molecule has 0 radical (unpaired) electrons. The maximum absolute atomic E-state index is 12.8. The van der Waals surface area contributed by atoms with E-state index in [0.29, 0.717) is 49.7 Å². The van der Waals surface area contributed by atoms with Crippen molar-refractivity contribution < 1.29 is 19.1 Å². The van der Waals surface area contributed by atoms with Crippen molar-refractivity contribution in [2.24, 2.45) is 0 Å². The van der Waals surface area contributed by atoms with Gasteiger partial charge in [-0.15, -0.1) is 0 Å². The number of hydrogen-bond acceptors (Lipinski definition) is 5. The molecule has 2 amide bonds. The number of amides is 2. The minimum Gasteiger partial charge on any atom is -0.490 e. The third-order valence-corrected chi connectivity index (χ3v) is 6.35. The second-order valence-electron chi connectivity index (χ2n) is 6.21. The number of rotatable bonds is 7. The summed E-state index contributed by atoms with van der Waals surface area (Å²) < 4.78 is 12.0. The smallest absolute Gasteiger partial charge is 0.293 e. The van der Waals surface area contributed by atoms with Crippen LogP contribution in [0, 0.1) is 0 Å². The summed E-state index contributed by atoms with van der Waals surface area (Å²) in [5.74, 6) is 0.804. The predicted octanol–water partition coefficient (Wildman–Crippen LogP) is 6.79. The first-order chi connectivity index (χ1) is 14.3. The quantitative estimate of drug-likeness (QED) is 0.369. The molecule has 2 aromatic carbocycles. The first kappa shape index (κ1) is 23.0. The molecule has 1 fully saturated rings. The second-order valence-corrected chi connectivity index (χ2v) is 8.87. The van der Waals surface area contributed by atoms with Crippen molar-refractivity contribution in [3.8, 4) is 11.5 Å². The summed E-state index contributed by atoms with van der Waals surface area (Å²) in [4.78, 5) is 26.8. The van der Waals surface area contributed by atoms with Gasteiger partial charge in [-0.2, -0.15) is 0 Å². The molecule has 0 aromatic heterocycles. The molecule has 0 spiro atoms. The van der Waals surface area contributed by atoms with E-state index in [1.54, 1.807) is 30.3 Å². The molecule has 0 aliphatic carbocycles. The van der Waals surface area contributed by atoms with E-state index in [1.165, 1.54) is 4.90 Å². The minimum atomic E-state index is -0.362. The van der Waals surface area contributed by atoms with Crippen LogP contribution in [0.2, 0.25) is 10.0 Å². The Bertz CT molecular complexity index is 1030. The summed E-state index contributed by atoms with van der Waals surface area (Å²) in [6, 6.07) is 8.63. The highest BCUT2D eigenvalue weighted by Gasteiger charge is 2.35. The van der Waals surface area contributed by atoms with Gasteiger partial charge < -0.3 is 9.47 Å². The van der Waals surface area contributed by atoms with Crippen LogP contribution in [0.25, 0.3) is 6.08 Å². The zero-order chi connectivity index (χ0) is 21.8. The van der Waals surface area contributed by atoms with Crippen molar-refractivity contribution in [3.63, 3.8) is 0 Å². The lowest BCUT2D eigenvalue weighted by Gasteiger charge is -2.14. The summed E-state index contributed by atoms with van der Waals surface area (Å²) >= 11 is 16.3. The Balaban J connectivity index is 1.86. The normalized spacial score (nSPS) is 15.2. The highest BCUT2D eigenvalue weighted by atomic mass is 79.9. The molecule has 0 unspecified atom stereocenters. The maximum atomic E-state index is 12.8. The van der Waals surface area contributed by atoms with Gasteiger partial charge in [0, 0.05) is 0 Å². The molecule has 158 valence electrons. The van der Waals surface area contributed by atoms with Crippen LogP contribution in [0.3, 0.4) is 0 Å². The Labute approximate surface area is 197 Å². The topological polar surface area (TPSA) is 55.8 Å². The average molecular weight is 531 g/mol. The second kappa shape index (κ2) is 10.1. The Morgan fingerprint density at radius 3 is 2.47 bits per heavy atom. The Kier molecular flexibility index (Phi) is 7.74. The molecule has 0 atom stereocenters. The van der Waals surface area contributed by atoms with Crippen LogP contribution in [0.4, 0.5) is 4.79 Å². The van der Waals surface area contributed by atoms with Gasteiger partial charge in [-0.3, -0.25) is 14.5 Å². The fourth-order valence-corrected chi connectivity index (χ4v) is 4.56. The largest absolute Gasteiger partial charge is 0.490 e. The highest BCUT2D eigenvalue weighted by molar-refractivity contribution is 9.10. The lowest BCUT2D eigenvalue weighted by atomic mass is 10.1. The average Bonchev–Trinajstić information content (AvgIpc) is 2.95. The number of hydrogen-bond donors (Lipinski definition) is 0. The molecule has 0 N–H and O–H groups in total. The molecule has 9 heteroatoms. The molecular weight excluding hydrogens is 513 g/mol. The summed E-state index contributed by atoms with van der Waals surface area (Å²) in [5.41, 5.74) is 1.43. The monoisotopic (exact) mass is 529 g/mol. The van der Waals surface area contributed by atoms with Gasteiger partial charge in [-0.25, -0.2) is 0 Å². The van der Waals surface area contributed by atoms with Crippen molar-refractivity contribution in [2.75, 3.05) is 13.2 Å². The van der Waals surface area contributed by atoms with E-state index >= 15 is 0 Å². The third kappa shape index (κ3) is 5.14. The van der Waals surface area contributed by atoms with Crippen molar-refractivity contribution >= 4 is 68.1 Å². The molecule has 1 heterocycles. The Hall–Kier alpha value is -1.67. The van der Waals surface area contributed by atoms with Crippen molar-refractivity contribution in [1.82, 2.24) is 4.90 Å². The Morgan fingerprint density at radius 2 is 1.80 bits per heavy atom. The SMILES string of the molecule is CCOc1cc(/C=C2\SC(=O)N(Cc3ccc(Cl)c(Cl)c3)C2=O)cc(Br)c1OCC. The van der Waals surface area contributed by atoms with E-state index in [1.807, 2.05) is 19.9 Å². The lowest BCUT2D eigenvalue weighted by Crippen LogP contribution is -2.27. The van der Waals surface area contributed by atoms with E-state index < -0.39 is 0 Å². The van der Waals surface area contributed by atoms with E-state index in [4.69, 9.17) is 32.7 Å². The van der Waals surface area contributed by atoms with E-state index in [-0.39, 0.29) is 17.7 Å². The van der Waals surface area contributed by atoms with Gasteiger partial charge in [0.25, 0.3) is 11.1 Å². The van der Waals surface area contributed by atoms with Crippen LogP contribution in [-0.4, -0.2) is 29.3 Å². The van der Waals surface area contributed by atoms with Gasteiger partial charge in [0.05, 0.1) is 39.2 Å². The van der Waals surface area contributed by atoms with Crippen LogP contribution in [0.5, 0.6) is 11.5 Å². The van der Waals surface area contributed by atoms with E-state index in [9.17, 15) is 9.59 Å². The first-order valence-electron chi connectivity index (χ1n) is 9.12.